The van der Waals surface area contributed by atoms with Crippen LogP contribution in [0.4, 0.5) is 14.9 Å². The Bertz CT molecular complexity index is 1390. The van der Waals surface area contributed by atoms with Crippen LogP contribution in [0.5, 0.6) is 0 Å². The average molecular weight is 645 g/mol. The molecule has 1 aliphatic carbocycles. The van der Waals surface area contributed by atoms with Gasteiger partial charge in [-0.05, 0) is 99.9 Å². The maximum Gasteiger partial charge on any atom is 0.407 e. The summed E-state index contributed by atoms with van der Waals surface area (Å²) >= 11 is 3.39. The first-order valence-corrected chi connectivity index (χ1v) is 14.6. The summed E-state index contributed by atoms with van der Waals surface area (Å²) in [6.45, 7) is 5.82. The van der Waals surface area contributed by atoms with Crippen molar-refractivity contribution in [2.45, 2.75) is 64.5 Å². The van der Waals surface area contributed by atoms with Gasteiger partial charge in [0.05, 0.1) is 17.3 Å². The van der Waals surface area contributed by atoms with Gasteiger partial charge in [-0.15, -0.1) is 10.2 Å². The van der Waals surface area contributed by atoms with Gasteiger partial charge in [-0.3, -0.25) is 9.59 Å². The molecule has 2 aromatic carbocycles. The number of halogens is 2. The highest BCUT2D eigenvalue weighted by molar-refractivity contribution is 9.10. The predicted molar refractivity (Wildman–Crippen MR) is 158 cm³/mol. The van der Waals surface area contributed by atoms with Crippen LogP contribution in [-0.2, 0) is 20.7 Å². The Morgan fingerprint density at radius 2 is 1.83 bits per heavy atom. The second-order valence-electron chi connectivity index (χ2n) is 11.4. The van der Waals surface area contributed by atoms with E-state index >= 15 is 4.39 Å². The molecule has 1 saturated carbocycles. The Balaban J connectivity index is 1.50. The van der Waals surface area contributed by atoms with Crippen molar-refractivity contribution in [2.24, 2.45) is 17.6 Å². The molecule has 1 aliphatic rings. The van der Waals surface area contributed by atoms with Gasteiger partial charge in [0, 0.05) is 16.9 Å². The summed E-state index contributed by atoms with van der Waals surface area (Å²) in [5.41, 5.74) is 6.72. The smallest absolute Gasteiger partial charge is 0.407 e. The third-order valence-electron chi connectivity index (χ3n) is 7.05. The van der Waals surface area contributed by atoms with Crippen molar-refractivity contribution < 1.29 is 23.5 Å². The molecule has 1 heterocycles. The molecule has 4 rings (SSSR count). The second-order valence-corrected chi connectivity index (χ2v) is 12.4. The number of carbonyl (C=O) groups is 3. The van der Waals surface area contributed by atoms with E-state index in [0.717, 1.165) is 21.0 Å². The van der Waals surface area contributed by atoms with Crippen molar-refractivity contribution in [2.75, 3.05) is 11.4 Å². The van der Waals surface area contributed by atoms with Gasteiger partial charge in [-0.1, -0.05) is 28.1 Å². The van der Waals surface area contributed by atoms with Crippen LogP contribution in [0.25, 0.3) is 11.4 Å². The van der Waals surface area contributed by atoms with Crippen LogP contribution < -0.4 is 16.0 Å². The summed E-state index contributed by atoms with van der Waals surface area (Å²) in [4.78, 5) is 40.7. The summed E-state index contributed by atoms with van der Waals surface area (Å²) in [5, 5.41) is 16.1. The van der Waals surface area contributed by atoms with Crippen molar-refractivity contribution in [3.8, 4) is 11.4 Å². The topological polar surface area (TPSA) is 156 Å². The first kappa shape index (κ1) is 31.2. The molecule has 1 atom stereocenters. The molecule has 0 spiro atoms. The summed E-state index contributed by atoms with van der Waals surface area (Å²) in [6.07, 6.45) is 2.07. The van der Waals surface area contributed by atoms with Crippen molar-refractivity contribution >= 4 is 39.5 Å². The number of imide groups is 1. The van der Waals surface area contributed by atoms with Gasteiger partial charge in [-0.25, -0.2) is 14.1 Å². The van der Waals surface area contributed by atoms with Gasteiger partial charge in [0.25, 0.3) is 5.91 Å². The Kier molecular flexibility index (Phi) is 10.0. The number of rotatable bonds is 8. The number of hydrogen-bond donors (Lipinski definition) is 3. The lowest BCUT2D eigenvalue weighted by Crippen LogP contribution is -2.50. The van der Waals surface area contributed by atoms with Crippen LogP contribution in [0.2, 0.25) is 0 Å². The number of ether oxygens (including phenoxy) is 1. The van der Waals surface area contributed by atoms with E-state index in [0.29, 0.717) is 32.2 Å². The van der Waals surface area contributed by atoms with Gasteiger partial charge < -0.3 is 15.8 Å². The molecule has 1 aromatic heterocycles. The zero-order chi connectivity index (χ0) is 30.4. The fourth-order valence-corrected chi connectivity index (χ4v) is 5.19. The molecule has 11 nitrogen and oxygen atoms in total. The van der Waals surface area contributed by atoms with E-state index in [4.69, 9.17) is 10.5 Å². The van der Waals surface area contributed by atoms with Crippen LogP contribution in [0.15, 0.2) is 46.9 Å². The van der Waals surface area contributed by atoms with Gasteiger partial charge in [0.15, 0.2) is 0 Å². The van der Waals surface area contributed by atoms with Crippen molar-refractivity contribution in [3.63, 3.8) is 0 Å². The fraction of sp³-hybridized carbons (Fsp3) is 0.448. The maximum atomic E-state index is 15.2. The molecule has 0 aliphatic heterocycles. The van der Waals surface area contributed by atoms with E-state index in [1.54, 1.807) is 20.8 Å². The molecular weight excluding hydrogens is 609 g/mol. The highest BCUT2D eigenvalue weighted by Gasteiger charge is 2.36. The Labute approximate surface area is 251 Å². The molecule has 3 aromatic rings. The fourth-order valence-electron chi connectivity index (χ4n) is 4.93. The molecule has 42 heavy (non-hydrogen) atoms. The predicted octanol–water partition coefficient (Wildman–Crippen LogP) is 4.53. The lowest BCUT2D eigenvalue weighted by molar-refractivity contribution is -0.130. The second kappa shape index (κ2) is 13.5. The van der Waals surface area contributed by atoms with Crippen LogP contribution in [0.1, 0.15) is 52.0 Å². The summed E-state index contributed by atoms with van der Waals surface area (Å²) in [7, 11) is 0. The highest BCUT2D eigenvalue weighted by Crippen LogP contribution is 2.33. The van der Waals surface area contributed by atoms with Crippen LogP contribution in [0.3, 0.4) is 0 Å². The SMILES string of the molecule is CC(C)(C)OC(=O)NC[C@H]1CC[C@H](C(=O)N(C(=O)[C@@H](N)Cc2ccc(Br)cc2)c2ccc(-c3nn[nH]n3)c(F)c2)CC1. The quantitative estimate of drug-likeness (QED) is 0.323. The number of nitrogens with one attached hydrogen (secondary N) is 2. The standard InChI is InChI=1S/C29H35BrFN7O4/c1-29(2,3)42-28(41)33-16-18-4-8-19(9-5-18)26(39)38(27(40)24(32)14-17-6-10-20(30)11-7-17)21-12-13-22(23(31)15-21)25-34-36-37-35-25/h6-7,10-13,15,18-19,24H,4-5,8-9,14,16,32H2,1-3H3,(H,33,41)(H,34,35,36,37)/t18-,19-,24-/m0/s1. The minimum Gasteiger partial charge on any atom is -0.444 e. The number of hydrogen-bond acceptors (Lipinski definition) is 8. The Morgan fingerprint density at radius 1 is 1.14 bits per heavy atom. The van der Waals surface area contributed by atoms with E-state index in [-0.39, 0.29) is 29.4 Å². The minimum atomic E-state index is -1.04. The number of aromatic amines is 1. The van der Waals surface area contributed by atoms with E-state index in [9.17, 15) is 14.4 Å². The van der Waals surface area contributed by atoms with Crippen LogP contribution in [0, 0.1) is 17.7 Å². The Morgan fingerprint density at radius 3 is 2.43 bits per heavy atom. The summed E-state index contributed by atoms with van der Waals surface area (Å²) < 4.78 is 21.4. The molecule has 0 saturated heterocycles. The average Bonchev–Trinajstić information content (AvgIpc) is 3.47. The largest absolute Gasteiger partial charge is 0.444 e. The number of alkyl carbamates (subject to hydrolysis) is 1. The zero-order valence-corrected chi connectivity index (χ0v) is 25.4. The van der Waals surface area contributed by atoms with Gasteiger partial charge in [0.1, 0.15) is 11.4 Å². The number of aromatic nitrogens is 4. The van der Waals surface area contributed by atoms with E-state index in [1.165, 1.54) is 12.1 Å². The number of H-pyrrole nitrogens is 1. The van der Waals surface area contributed by atoms with E-state index in [2.05, 4.69) is 41.9 Å². The normalized spacial score (nSPS) is 17.8. The van der Waals surface area contributed by atoms with E-state index < -0.39 is 41.3 Å². The van der Waals surface area contributed by atoms with Crippen molar-refractivity contribution in [1.29, 1.82) is 0 Å². The lowest BCUT2D eigenvalue weighted by atomic mass is 9.81. The number of anilines is 1. The van der Waals surface area contributed by atoms with Crippen molar-refractivity contribution in [3.05, 3.63) is 58.3 Å². The number of nitrogens with zero attached hydrogens (tertiary/aromatic N) is 4. The molecule has 3 amide bonds. The molecule has 0 radical (unpaired) electrons. The van der Waals surface area contributed by atoms with Crippen molar-refractivity contribution in [1.82, 2.24) is 25.9 Å². The minimum absolute atomic E-state index is 0.0495. The molecule has 4 N–H and O–H groups in total. The first-order valence-electron chi connectivity index (χ1n) is 13.8. The Hall–Kier alpha value is -3.71. The monoisotopic (exact) mass is 643 g/mol. The highest BCUT2D eigenvalue weighted by atomic mass is 79.9. The first-order chi connectivity index (χ1) is 19.9. The van der Waals surface area contributed by atoms with E-state index in [1.807, 2.05) is 24.3 Å². The summed E-state index contributed by atoms with van der Waals surface area (Å²) in [6, 6.07) is 10.3. The number of carbonyl (C=O) groups excluding carboxylic acids is 3. The molecule has 0 bridgehead atoms. The number of tetrazole rings is 1. The molecule has 224 valence electrons. The molecule has 1 fully saturated rings. The number of amides is 3. The van der Waals surface area contributed by atoms with Crippen LogP contribution in [-0.4, -0.2) is 56.7 Å². The maximum absolute atomic E-state index is 15.2. The molecule has 13 heteroatoms. The number of benzene rings is 2. The summed E-state index contributed by atoms with van der Waals surface area (Å²) in [5.74, 6) is -2.02. The molecular formula is C29H35BrFN7O4. The molecule has 0 unspecified atom stereocenters. The van der Waals surface area contributed by atoms with Crippen LogP contribution >= 0.6 is 15.9 Å². The van der Waals surface area contributed by atoms with Gasteiger partial charge in [-0.2, -0.15) is 5.21 Å². The third kappa shape index (κ3) is 8.19. The number of nitrogens with two attached hydrogens (primary N) is 1. The zero-order valence-electron chi connectivity index (χ0n) is 23.8. The lowest BCUT2D eigenvalue weighted by Gasteiger charge is -2.32. The third-order valence-corrected chi connectivity index (χ3v) is 7.58. The van der Waals surface area contributed by atoms with Gasteiger partial charge in [0.2, 0.25) is 11.7 Å². The van der Waals surface area contributed by atoms with Gasteiger partial charge >= 0.3 is 6.09 Å².